The molecular weight excluding hydrogens is 280 g/mol. The first-order chi connectivity index (χ1) is 10.8. The van der Waals surface area contributed by atoms with Gasteiger partial charge < -0.3 is 14.0 Å². The number of benzene rings is 1. The van der Waals surface area contributed by atoms with Gasteiger partial charge in [-0.05, 0) is 37.6 Å². The second-order valence-corrected chi connectivity index (χ2v) is 6.15. The predicted octanol–water partition coefficient (Wildman–Crippen LogP) is 2.96. The minimum Gasteiger partial charge on any atom is -0.486 e. The Morgan fingerprint density at radius 2 is 1.91 bits per heavy atom. The zero-order valence-corrected chi connectivity index (χ0v) is 12.7. The minimum absolute atomic E-state index is 0.615. The largest absolute Gasteiger partial charge is 0.486 e. The molecule has 0 N–H and O–H groups in total. The van der Waals surface area contributed by atoms with Crippen molar-refractivity contribution in [3.8, 4) is 11.5 Å². The standard InChI is InChI=1S/C17H20N2O3/c1-19(11-14-9-16(22-18-14)13-3-4-13)10-12-2-5-15-17(8-12)21-7-6-20-15/h2,5,8-9,13H,3-4,6-7,10-11H2,1H3. The molecule has 1 aromatic carbocycles. The molecule has 0 amide bonds. The first-order valence-electron chi connectivity index (χ1n) is 7.80. The summed E-state index contributed by atoms with van der Waals surface area (Å²) in [7, 11) is 2.09. The van der Waals surface area contributed by atoms with Crippen LogP contribution in [0.3, 0.4) is 0 Å². The molecule has 0 saturated heterocycles. The van der Waals surface area contributed by atoms with Gasteiger partial charge in [0.25, 0.3) is 0 Å². The molecule has 0 spiro atoms. The number of fused-ring (bicyclic) bond motifs is 1. The average molecular weight is 300 g/mol. The van der Waals surface area contributed by atoms with Crippen LogP contribution in [0.1, 0.15) is 35.8 Å². The van der Waals surface area contributed by atoms with Gasteiger partial charge in [0, 0.05) is 25.1 Å². The van der Waals surface area contributed by atoms with Crippen LogP contribution in [0.5, 0.6) is 11.5 Å². The summed E-state index contributed by atoms with van der Waals surface area (Å²) in [6.07, 6.45) is 2.48. The number of hydrogen-bond acceptors (Lipinski definition) is 5. The Morgan fingerprint density at radius 1 is 1.09 bits per heavy atom. The van der Waals surface area contributed by atoms with Crippen LogP contribution in [0, 0.1) is 0 Å². The van der Waals surface area contributed by atoms with Crippen LogP contribution in [-0.2, 0) is 13.1 Å². The summed E-state index contributed by atoms with van der Waals surface area (Å²) < 4.78 is 16.6. The molecule has 0 radical (unpaired) electrons. The smallest absolute Gasteiger partial charge is 0.161 e. The van der Waals surface area contributed by atoms with Crippen LogP contribution in [0.25, 0.3) is 0 Å². The van der Waals surface area contributed by atoms with E-state index in [1.807, 2.05) is 6.07 Å². The maximum absolute atomic E-state index is 5.63. The second kappa shape index (κ2) is 5.65. The van der Waals surface area contributed by atoms with Crippen molar-refractivity contribution < 1.29 is 14.0 Å². The third-order valence-corrected chi connectivity index (χ3v) is 4.05. The number of ether oxygens (including phenoxy) is 2. The Hall–Kier alpha value is -2.01. The molecule has 1 fully saturated rings. The van der Waals surface area contributed by atoms with Gasteiger partial charge in [0.05, 0.1) is 5.69 Å². The van der Waals surface area contributed by atoms with Crippen molar-refractivity contribution in [2.24, 2.45) is 0 Å². The van der Waals surface area contributed by atoms with E-state index in [0.29, 0.717) is 19.1 Å². The fourth-order valence-corrected chi connectivity index (χ4v) is 2.79. The van der Waals surface area contributed by atoms with Gasteiger partial charge in [0.1, 0.15) is 19.0 Å². The molecule has 0 bridgehead atoms. The maximum Gasteiger partial charge on any atom is 0.161 e. The van der Waals surface area contributed by atoms with Crippen molar-refractivity contribution in [3.63, 3.8) is 0 Å². The number of aromatic nitrogens is 1. The molecule has 1 aliphatic carbocycles. The summed E-state index contributed by atoms with van der Waals surface area (Å²) in [5, 5.41) is 4.17. The van der Waals surface area contributed by atoms with E-state index in [2.05, 4.69) is 35.3 Å². The van der Waals surface area contributed by atoms with Gasteiger partial charge >= 0.3 is 0 Å². The molecule has 1 aliphatic heterocycles. The zero-order chi connectivity index (χ0) is 14.9. The Kier molecular flexibility index (Phi) is 3.50. The fourth-order valence-electron chi connectivity index (χ4n) is 2.79. The number of nitrogens with zero attached hydrogens (tertiary/aromatic N) is 2. The highest BCUT2D eigenvalue weighted by Crippen LogP contribution is 2.40. The SMILES string of the molecule is CN(Cc1ccc2c(c1)OCCO2)Cc1cc(C2CC2)on1. The molecular formula is C17H20N2O3. The molecule has 5 heteroatoms. The van der Waals surface area contributed by atoms with Crippen LogP contribution in [0.2, 0.25) is 0 Å². The molecule has 2 aromatic rings. The monoisotopic (exact) mass is 300 g/mol. The summed E-state index contributed by atoms with van der Waals surface area (Å²) in [6, 6.07) is 8.22. The number of rotatable bonds is 5. The highest BCUT2D eigenvalue weighted by molar-refractivity contribution is 5.43. The Morgan fingerprint density at radius 3 is 2.73 bits per heavy atom. The van der Waals surface area contributed by atoms with Crippen molar-refractivity contribution in [1.82, 2.24) is 10.1 Å². The molecule has 1 aromatic heterocycles. The second-order valence-electron chi connectivity index (χ2n) is 6.15. The van der Waals surface area contributed by atoms with Crippen LogP contribution in [0.15, 0.2) is 28.8 Å². The lowest BCUT2D eigenvalue weighted by atomic mass is 10.2. The lowest BCUT2D eigenvalue weighted by molar-refractivity contribution is 0.171. The predicted molar refractivity (Wildman–Crippen MR) is 81.1 cm³/mol. The molecule has 2 heterocycles. The van der Waals surface area contributed by atoms with E-state index < -0.39 is 0 Å². The van der Waals surface area contributed by atoms with E-state index in [0.717, 1.165) is 36.0 Å². The highest BCUT2D eigenvalue weighted by atomic mass is 16.6. The normalized spacial score (nSPS) is 17.0. The summed E-state index contributed by atoms with van der Waals surface area (Å²) in [6.45, 7) is 2.86. The molecule has 2 aliphatic rings. The van der Waals surface area contributed by atoms with Gasteiger partial charge in [-0.1, -0.05) is 11.2 Å². The molecule has 5 nitrogen and oxygen atoms in total. The number of hydrogen-bond donors (Lipinski definition) is 0. The van der Waals surface area contributed by atoms with Crippen molar-refractivity contribution in [2.75, 3.05) is 20.3 Å². The fraction of sp³-hybridized carbons (Fsp3) is 0.471. The summed E-state index contributed by atoms with van der Waals surface area (Å²) in [5.74, 6) is 3.34. The van der Waals surface area contributed by atoms with Crippen LogP contribution < -0.4 is 9.47 Å². The topological polar surface area (TPSA) is 47.7 Å². The highest BCUT2D eigenvalue weighted by Gasteiger charge is 2.27. The first kappa shape index (κ1) is 13.6. The van der Waals surface area contributed by atoms with Gasteiger partial charge in [-0.3, -0.25) is 4.90 Å². The Balaban J connectivity index is 1.39. The lowest BCUT2D eigenvalue weighted by Gasteiger charge is -2.20. The van der Waals surface area contributed by atoms with Crippen molar-refractivity contribution in [2.45, 2.75) is 31.8 Å². The van der Waals surface area contributed by atoms with Gasteiger partial charge in [-0.15, -0.1) is 0 Å². The summed E-state index contributed by atoms with van der Waals surface area (Å²) in [4.78, 5) is 2.22. The van der Waals surface area contributed by atoms with E-state index >= 15 is 0 Å². The summed E-state index contributed by atoms with van der Waals surface area (Å²) >= 11 is 0. The molecule has 0 unspecified atom stereocenters. The van der Waals surface area contributed by atoms with Gasteiger partial charge in [0.2, 0.25) is 0 Å². The molecule has 22 heavy (non-hydrogen) atoms. The lowest BCUT2D eigenvalue weighted by Crippen LogP contribution is -2.18. The molecule has 0 atom stereocenters. The summed E-state index contributed by atoms with van der Waals surface area (Å²) in [5.41, 5.74) is 2.21. The Labute approximate surface area is 129 Å². The van der Waals surface area contributed by atoms with E-state index in [9.17, 15) is 0 Å². The first-order valence-corrected chi connectivity index (χ1v) is 7.80. The van der Waals surface area contributed by atoms with E-state index in [-0.39, 0.29) is 0 Å². The van der Waals surface area contributed by atoms with Crippen molar-refractivity contribution >= 4 is 0 Å². The van der Waals surface area contributed by atoms with E-state index in [4.69, 9.17) is 14.0 Å². The van der Waals surface area contributed by atoms with E-state index in [1.165, 1.54) is 18.4 Å². The zero-order valence-electron chi connectivity index (χ0n) is 12.7. The maximum atomic E-state index is 5.63. The average Bonchev–Trinajstić information content (AvgIpc) is 3.28. The quantitative estimate of drug-likeness (QED) is 0.849. The molecule has 4 rings (SSSR count). The van der Waals surface area contributed by atoms with Crippen LogP contribution in [0.4, 0.5) is 0 Å². The van der Waals surface area contributed by atoms with Gasteiger partial charge in [-0.25, -0.2) is 0 Å². The van der Waals surface area contributed by atoms with Crippen molar-refractivity contribution in [1.29, 1.82) is 0 Å². The third-order valence-electron chi connectivity index (χ3n) is 4.05. The van der Waals surface area contributed by atoms with Crippen LogP contribution in [-0.4, -0.2) is 30.3 Å². The van der Waals surface area contributed by atoms with Crippen molar-refractivity contribution in [3.05, 3.63) is 41.3 Å². The van der Waals surface area contributed by atoms with Gasteiger partial charge in [0.15, 0.2) is 11.5 Å². The Bertz CT molecular complexity index is 664. The van der Waals surface area contributed by atoms with Gasteiger partial charge in [-0.2, -0.15) is 0 Å². The minimum atomic E-state index is 0.615. The third kappa shape index (κ3) is 2.95. The van der Waals surface area contributed by atoms with Crippen LogP contribution >= 0.6 is 0 Å². The van der Waals surface area contributed by atoms with E-state index in [1.54, 1.807) is 0 Å². The molecule has 116 valence electrons. The molecule has 1 saturated carbocycles.